The predicted octanol–water partition coefficient (Wildman–Crippen LogP) is 1.11. The summed E-state index contributed by atoms with van der Waals surface area (Å²) in [4.78, 5) is 30.3. The van der Waals surface area contributed by atoms with E-state index in [1.807, 2.05) is 0 Å². The minimum Gasteiger partial charge on any atom is -0.345 e. The molecule has 1 N–H and O–H groups in total. The molecule has 24 heavy (non-hydrogen) atoms. The van der Waals surface area contributed by atoms with Gasteiger partial charge in [0.15, 0.2) is 0 Å². The first-order valence-electron chi connectivity index (χ1n) is 8.61. The lowest BCUT2D eigenvalue weighted by Gasteiger charge is -2.34. The maximum absolute atomic E-state index is 12.2. The number of anilines is 1. The van der Waals surface area contributed by atoms with Crippen LogP contribution < -0.4 is 5.32 Å². The summed E-state index contributed by atoms with van der Waals surface area (Å²) >= 11 is 0. The Bertz CT molecular complexity index is 588. The van der Waals surface area contributed by atoms with Crippen LogP contribution in [-0.2, 0) is 4.79 Å². The molecule has 0 radical (unpaired) electrons. The van der Waals surface area contributed by atoms with Crippen molar-refractivity contribution in [3.63, 3.8) is 0 Å². The third-order valence-electron chi connectivity index (χ3n) is 4.66. The number of nitrogens with one attached hydrogen (secondary N) is 1. The fourth-order valence-corrected chi connectivity index (χ4v) is 3.08. The highest BCUT2D eigenvalue weighted by atomic mass is 16.2. The molecule has 0 atom stereocenters. The molecule has 6 nitrogen and oxygen atoms in total. The molecule has 1 aliphatic carbocycles. The van der Waals surface area contributed by atoms with Crippen molar-refractivity contribution >= 4 is 17.5 Å². The fourth-order valence-electron chi connectivity index (χ4n) is 3.08. The van der Waals surface area contributed by atoms with E-state index in [0.29, 0.717) is 12.1 Å². The second-order valence-electron chi connectivity index (χ2n) is 6.87. The van der Waals surface area contributed by atoms with Gasteiger partial charge in [0.2, 0.25) is 5.91 Å². The average Bonchev–Trinajstić information content (AvgIpc) is 3.40. The third kappa shape index (κ3) is 4.33. The first kappa shape index (κ1) is 16.9. The minimum absolute atomic E-state index is 0.00144. The van der Waals surface area contributed by atoms with Gasteiger partial charge in [-0.2, -0.15) is 0 Å². The molecule has 3 rings (SSSR count). The van der Waals surface area contributed by atoms with Crippen LogP contribution in [0.15, 0.2) is 24.3 Å². The van der Waals surface area contributed by atoms with Crippen LogP contribution in [0.4, 0.5) is 5.69 Å². The van der Waals surface area contributed by atoms with Gasteiger partial charge in [0.25, 0.3) is 5.91 Å². The van der Waals surface area contributed by atoms with Gasteiger partial charge in [0.05, 0.1) is 6.54 Å². The van der Waals surface area contributed by atoms with Gasteiger partial charge in [-0.3, -0.25) is 19.4 Å². The summed E-state index contributed by atoms with van der Waals surface area (Å²) in [5.41, 5.74) is 1.35. The van der Waals surface area contributed by atoms with E-state index < -0.39 is 0 Å². The van der Waals surface area contributed by atoms with E-state index in [1.54, 1.807) is 38.4 Å². The predicted molar refractivity (Wildman–Crippen MR) is 94.1 cm³/mol. The van der Waals surface area contributed by atoms with Crippen LogP contribution >= 0.6 is 0 Å². The summed E-state index contributed by atoms with van der Waals surface area (Å²) < 4.78 is 0. The van der Waals surface area contributed by atoms with Gasteiger partial charge in [-0.15, -0.1) is 0 Å². The first-order valence-corrected chi connectivity index (χ1v) is 8.61. The summed E-state index contributed by atoms with van der Waals surface area (Å²) in [5, 5.41) is 2.91. The largest absolute Gasteiger partial charge is 0.345 e. The fraction of sp³-hybridized carbons (Fsp3) is 0.556. The zero-order chi connectivity index (χ0) is 17.1. The van der Waals surface area contributed by atoms with Gasteiger partial charge in [-0.1, -0.05) is 0 Å². The normalized spacial score (nSPS) is 19.1. The second-order valence-corrected chi connectivity index (χ2v) is 6.87. The highest BCUT2D eigenvalue weighted by molar-refractivity contribution is 5.96. The summed E-state index contributed by atoms with van der Waals surface area (Å²) in [5.74, 6) is -0.0389. The molecule has 2 amide bonds. The van der Waals surface area contributed by atoms with Crippen molar-refractivity contribution in [2.45, 2.75) is 18.9 Å². The Morgan fingerprint density at radius 1 is 1.08 bits per heavy atom. The van der Waals surface area contributed by atoms with Crippen molar-refractivity contribution in [3.8, 4) is 0 Å². The van der Waals surface area contributed by atoms with Gasteiger partial charge in [0, 0.05) is 57.6 Å². The summed E-state index contributed by atoms with van der Waals surface area (Å²) in [6.45, 7) is 4.48. The number of amides is 2. The molecule has 6 heteroatoms. The Balaban J connectivity index is 1.45. The van der Waals surface area contributed by atoms with Crippen molar-refractivity contribution in [1.29, 1.82) is 0 Å². The molecular weight excluding hydrogens is 304 g/mol. The van der Waals surface area contributed by atoms with Crippen LogP contribution in [0.1, 0.15) is 23.2 Å². The van der Waals surface area contributed by atoms with E-state index in [1.165, 1.54) is 17.7 Å². The molecule has 0 aromatic heterocycles. The van der Waals surface area contributed by atoms with Crippen LogP contribution in [0.3, 0.4) is 0 Å². The Morgan fingerprint density at radius 2 is 1.71 bits per heavy atom. The number of hydrogen-bond donors (Lipinski definition) is 1. The van der Waals surface area contributed by atoms with Crippen LogP contribution in [0.2, 0.25) is 0 Å². The number of carbonyl (C=O) groups is 2. The van der Waals surface area contributed by atoms with Crippen molar-refractivity contribution in [2.24, 2.45) is 0 Å². The molecule has 0 spiro atoms. The molecule has 0 bridgehead atoms. The molecular formula is C18H26N4O2. The van der Waals surface area contributed by atoms with E-state index in [2.05, 4.69) is 15.1 Å². The Morgan fingerprint density at radius 3 is 2.25 bits per heavy atom. The lowest BCUT2D eigenvalue weighted by atomic mass is 10.2. The molecule has 1 saturated heterocycles. The molecule has 0 unspecified atom stereocenters. The molecule has 130 valence electrons. The number of rotatable bonds is 5. The van der Waals surface area contributed by atoms with Crippen LogP contribution in [0, 0.1) is 0 Å². The van der Waals surface area contributed by atoms with E-state index in [0.717, 1.165) is 37.9 Å². The van der Waals surface area contributed by atoms with Crippen LogP contribution in [0.5, 0.6) is 0 Å². The molecule has 1 heterocycles. The molecule has 1 saturated carbocycles. The van der Waals surface area contributed by atoms with Crippen LogP contribution in [-0.4, -0.2) is 79.4 Å². The van der Waals surface area contributed by atoms with Gasteiger partial charge in [-0.25, -0.2) is 0 Å². The van der Waals surface area contributed by atoms with E-state index in [9.17, 15) is 9.59 Å². The SMILES string of the molecule is CN(C)C(=O)c1ccc(NC(=O)CN2CCN(C3CC3)CC2)cc1. The van der Waals surface area contributed by atoms with Crippen molar-refractivity contribution in [3.05, 3.63) is 29.8 Å². The topological polar surface area (TPSA) is 55.9 Å². The maximum Gasteiger partial charge on any atom is 0.253 e. The summed E-state index contributed by atoms with van der Waals surface area (Å²) in [6.07, 6.45) is 2.68. The van der Waals surface area contributed by atoms with Crippen molar-refractivity contribution in [1.82, 2.24) is 14.7 Å². The second kappa shape index (κ2) is 7.32. The minimum atomic E-state index is -0.0404. The zero-order valence-electron chi connectivity index (χ0n) is 14.5. The summed E-state index contributed by atoms with van der Waals surface area (Å²) in [7, 11) is 3.45. The number of nitrogens with zero attached hydrogens (tertiary/aromatic N) is 3. The van der Waals surface area contributed by atoms with Crippen molar-refractivity contribution < 1.29 is 9.59 Å². The van der Waals surface area contributed by atoms with Gasteiger partial charge in [0.1, 0.15) is 0 Å². The number of benzene rings is 1. The lowest BCUT2D eigenvalue weighted by molar-refractivity contribution is -0.117. The van der Waals surface area contributed by atoms with Gasteiger partial charge < -0.3 is 10.2 Å². The Kier molecular flexibility index (Phi) is 5.16. The third-order valence-corrected chi connectivity index (χ3v) is 4.66. The number of carbonyl (C=O) groups excluding carboxylic acids is 2. The highest BCUT2D eigenvalue weighted by Gasteiger charge is 2.31. The van der Waals surface area contributed by atoms with Gasteiger partial charge >= 0.3 is 0 Å². The Hall–Kier alpha value is -1.92. The molecule has 1 aromatic carbocycles. The van der Waals surface area contributed by atoms with Crippen molar-refractivity contribution in [2.75, 3.05) is 52.1 Å². The van der Waals surface area contributed by atoms with E-state index >= 15 is 0 Å². The smallest absolute Gasteiger partial charge is 0.253 e. The maximum atomic E-state index is 12.2. The lowest BCUT2D eigenvalue weighted by Crippen LogP contribution is -2.49. The standard InChI is InChI=1S/C18H26N4O2/c1-20(2)18(24)14-3-5-15(6-4-14)19-17(23)13-21-9-11-22(12-10-21)16-7-8-16/h3-6,16H,7-13H2,1-2H3,(H,19,23). The molecule has 2 fully saturated rings. The molecule has 2 aliphatic rings. The van der Waals surface area contributed by atoms with E-state index in [-0.39, 0.29) is 11.8 Å². The highest BCUT2D eigenvalue weighted by Crippen LogP contribution is 2.27. The zero-order valence-corrected chi connectivity index (χ0v) is 14.5. The Labute approximate surface area is 143 Å². The van der Waals surface area contributed by atoms with E-state index in [4.69, 9.17) is 0 Å². The monoisotopic (exact) mass is 330 g/mol. The molecule has 1 aromatic rings. The average molecular weight is 330 g/mol. The number of hydrogen-bond acceptors (Lipinski definition) is 4. The number of piperazine rings is 1. The first-order chi connectivity index (χ1) is 11.5. The summed E-state index contributed by atoms with van der Waals surface area (Å²) in [6, 6.07) is 7.85. The molecule has 1 aliphatic heterocycles. The van der Waals surface area contributed by atoms with Gasteiger partial charge in [-0.05, 0) is 37.1 Å². The van der Waals surface area contributed by atoms with Crippen LogP contribution in [0.25, 0.3) is 0 Å². The quantitative estimate of drug-likeness (QED) is 0.879.